The molecule has 0 rings (SSSR count). The maximum atomic E-state index is 5.59. The van der Waals surface area contributed by atoms with E-state index in [0.29, 0.717) is 0 Å². The summed E-state index contributed by atoms with van der Waals surface area (Å²) in [5.74, 6) is 0. The van der Waals surface area contributed by atoms with Crippen molar-refractivity contribution in [2.24, 2.45) is 5.73 Å². The van der Waals surface area contributed by atoms with Gasteiger partial charge in [-0.1, -0.05) is 6.92 Å². The van der Waals surface area contributed by atoms with Gasteiger partial charge < -0.3 is 15.2 Å². The highest BCUT2D eigenvalue weighted by Gasteiger charge is 2.12. The summed E-state index contributed by atoms with van der Waals surface area (Å²) in [7, 11) is 3.17. The Morgan fingerprint density at radius 3 is 1.89 bits per heavy atom. The Bertz CT molecular complexity index is 64.1. The molecule has 0 fully saturated rings. The molecular weight excluding hydrogens is 118 g/mol. The van der Waals surface area contributed by atoms with Crippen molar-refractivity contribution in [2.75, 3.05) is 14.2 Å². The van der Waals surface area contributed by atoms with E-state index < -0.39 is 0 Å². The van der Waals surface area contributed by atoms with Gasteiger partial charge in [-0.2, -0.15) is 0 Å². The molecule has 0 aliphatic rings. The van der Waals surface area contributed by atoms with E-state index in [0.717, 1.165) is 6.42 Å². The molecule has 3 nitrogen and oxygen atoms in total. The lowest BCUT2D eigenvalue weighted by Crippen LogP contribution is -2.36. The van der Waals surface area contributed by atoms with Crippen LogP contribution < -0.4 is 5.73 Å². The first kappa shape index (κ1) is 8.88. The predicted molar refractivity (Wildman–Crippen MR) is 36.1 cm³/mol. The Balaban J connectivity index is 3.50. The molecule has 0 heterocycles. The zero-order valence-corrected chi connectivity index (χ0v) is 6.26. The normalized spacial score (nSPS) is 14.3. The molecule has 3 heteroatoms. The van der Waals surface area contributed by atoms with Gasteiger partial charge in [-0.15, -0.1) is 0 Å². The lowest BCUT2D eigenvalue weighted by atomic mass is 10.2. The van der Waals surface area contributed by atoms with Crippen LogP contribution in [0, 0.1) is 0 Å². The molecule has 0 aliphatic heterocycles. The molecule has 0 bridgehead atoms. The molecule has 0 aromatic rings. The molecule has 56 valence electrons. The van der Waals surface area contributed by atoms with Gasteiger partial charge in [-0.3, -0.25) is 0 Å². The monoisotopic (exact) mass is 133 g/mol. The minimum Gasteiger partial charge on any atom is -0.354 e. The summed E-state index contributed by atoms with van der Waals surface area (Å²) < 4.78 is 9.81. The molecule has 0 aromatic heterocycles. The number of hydrogen-bond donors (Lipinski definition) is 1. The molecule has 0 saturated heterocycles. The van der Waals surface area contributed by atoms with Crippen LogP contribution in [0.2, 0.25) is 0 Å². The van der Waals surface area contributed by atoms with Crippen molar-refractivity contribution in [3.05, 3.63) is 0 Å². The van der Waals surface area contributed by atoms with Crippen LogP contribution in [0.1, 0.15) is 13.3 Å². The van der Waals surface area contributed by atoms with Crippen LogP contribution in [0.4, 0.5) is 0 Å². The second kappa shape index (κ2) is 4.73. The number of rotatable bonds is 4. The van der Waals surface area contributed by atoms with Crippen LogP contribution in [-0.4, -0.2) is 26.6 Å². The Morgan fingerprint density at radius 1 is 1.33 bits per heavy atom. The Labute approximate surface area is 56.1 Å². The largest absolute Gasteiger partial charge is 0.354 e. The smallest absolute Gasteiger partial charge is 0.171 e. The first-order chi connectivity index (χ1) is 4.26. The van der Waals surface area contributed by atoms with Gasteiger partial charge in [-0.05, 0) is 6.42 Å². The van der Waals surface area contributed by atoms with Gasteiger partial charge in [0.1, 0.15) is 0 Å². The molecule has 0 amide bonds. The van der Waals surface area contributed by atoms with Gasteiger partial charge in [0.05, 0.1) is 6.04 Å². The van der Waals surface area contributed by atoms with Gasteiger partial charge >= 0.3 is 0 Å². The van der Waals surface area contributed by atoms with E-state index in [4.69, 9.17) is 15.2 Å². The molecule has 2 N–H and O–H groups in total. The molecule has 1 atom stereocenters. The Morgan fingerprint density at radius 2 is 1.78 bits per heavy atom. The third kappa shape index (κ3) is 2.79. The summed E-state index contributed by atoms with van der Waals surface area (Å²) in [5, 5.41) is 0. The molecule has 0 unspecified atom stereocenters. The molecule has 0 aliphatic carbocycles. The first-order valence-electron chi connectivity index (χ1n) is 3.07. The standard InChI is InChI=1S/C6H15NO2/c1-4-5(7)6(8-2)9-3/h5-6H,4,7H2,1-3H3/t5-/m0/s1. The second-order valence-electron chi connectivity index (χ2n) is 1.91. The molecule has 0 aromatic carbocycles. The van der Waals surface area contributed by atoms with Crippen molar-refractivity contribution in [2.45, 2.75) is 25.7 Å². The topological polar surface area (TPSA) is 44.5 Å². The van der Waals surface area contributed by atoms with Gasteiger partial charge in [0, 0.05) is 14.2 Å². The molecule has 0 spiro atoms. The zero-order valence-electron chi connectivity index (χ0n) is 6.26. The number of nitrogens with two attached hydrogens (primary N) is 1. The average molecular weight is 133 g/mol. The molecule has 0 saturated carbocycles. The number of hydrogen-bond acceptors (Lipinski definition) is 3. The van der Waals surface area contributed by atoms with Gasteiger partial charge in [0.25, 0.3) is 0 Å². The van der Waals surface area contributed by atoms with Crippen molar-refractivity contribution in [3.8, 4) is 0 Å². The summed E-state index contributed by atoms with van der Waals surface area (Å²) in [6.45, 7) is 2.00. The minimum atomic E-state index is -0.255. The van der Waals surface area contributed by atoms with Gasteiger partial charge in [-0.25, -0.2) is 0 Å². The van der Waals surface area contributed by atoms with Crippen LogP contribution in [0.5, 0.6) is 0 Å². The van der Waals surface area contributed by atoms with E-state index in [9.17, 15) is 0 Å². The summed E-state index contributed by atoms with van der Waals surface area (Å²) in [6.07, 6.45) is 0.613. The summed E-state index contributed by atoms with van der Waals surface area (Å²) in [4.78, 5) is 0. The molecule has 0 radical (unpaired) electrons. The van der Waals surface area contributed by atoms with Crippen molar-refractivity contribution in [1.82, 2.24) is 0 Å². The third-order valence-electron chi connectivity index (χ3n) is 1.29. The summed E-state index contributed by atoms with van der Waals surface area (Å²) in [6, 6.07) is -0.0139. The first-order valence-corrected chi connectivity index (χ1v) is 3.07. The Kier molecular flexibility index (Phi) is 4.67. The molecule has 9 heavy (non-hydrogen) atoms. The van der Waals surface area contributed by atoms with E-state index >= 15 is 0 Å². The van der Waals surface area contributed by atoms with E-state index in [1.54, 1.807) is 14.2 Å². The zero-order chi connectivity index (χ0) is 7.28. The highest BCUT2D eigenvalue weighted by Crippen LogP contribution is 1.98. The number of methoxy groups -OCH3 is 2. The quantitative estimate of drug-likeness (QED) is 0.562. The average Bonchev–Trinajstić information content (AvgIpc) is 1.90. The van der Waals surface area contributed by atoms with Crippen molar-refractivity contribution >= 4 is 0 Å². The lowest BCUT2D eigenvalue weighted by Gasteiger charge is -2.18. The van der Waals surface area contributed by atoms with E-state index in [2.05, 4.69) is 0 Å². The fourth-order valence-electron chi connectivity index (χ4n) is 0.638. The van der Waals surface area contributed by atoms with Crippen molar-refractivity contribution in [1.29, 1.82) is 0 Å². The van der Waals surface area contributed by atoms with Crippen LogP contribution >= 0.6 is 0 Å². The van der Waals surface area contributed by atoms with Crippen molar-refractivity contribution < 1.29 is 9.47 Å². The predicted octanol–water partition coefficient (Wildman–Crippen LogP) is 0.343. The van der Waals surface area contributed by atoms with Crippen LogP contribution in [0.25, 0.3) is 0 Å². The highest BCUT2D eigenvalue weighted by atomic mass is 16.7. The van der Waals surface area contributed by atoms with Crippen LogP contribution in [0.15, 0.2) is 0 Å². The summed E-state index contributed by atoms with van der Waals surface area (Å²) in [5.41, 5.74) is 5.59. The third-order valence-corrected chi connectivity index (χ3v) is 1.29. The summed E-state index contributed by atoms with van der Waals surface area (Å²) >= 11 is 0. The van der Waals surface area contributed by atoms with Crippen molar-refractivity contribution in [3.63, 3.8) is 0 Å². The van der Waals surface area contributed by atoms with E-state index in [1.807, 2.05) is 6.92 Å². The minimum absolute atomic E-state index is 0.0139. The van der Waals surface area contributed by atoms with Crippen LogP contribution in [-0.2, 0) is 9.47 Å². The maximum Gasteiger partial charge on any atom is 0.171 e. The van der Waals surface area contributed by atoms with Crippen LogP contribution in [0.3, 0.4) is 0 Å². The fourth-order valence-corrected chi connectivity index (χ4v) is 0.638. The fraction of sp³-hybridized carbons (Fsp3) is 1.00. The highest BCUT2D eigenvalue weighted by molar-refractivity contribution is 4.61. The van der Waals surface area contributed by atoms with E-state index in [1.165, 1.54) is 0 Å². The van der Waals surface area contributed by atoms with Gasteiger partial charge in [0.15, 0.2) is 6.29 Å². The second-order valence-corrected chi connectivity index (χ2v) is 1.91. The Hall–Kier alpha value is -0.120. The molecular formula is C6H15NO2. The maximum absolute atomic E-state index is 5.59. The van der Waals surface area contributed by atoms with E-state index in [-0.39, 0.29) is 12.3 Å². The number of ether oxygens (including phenoxy) is 2. The van der Waals surface area contributed by atoms with Gasteiger partial charge in [0.2, 0.25) is 0 Å². The lowest BCUT2D eigenvalue weighted by molar-refractivity contribution is -0.116. The SMILES string of the molecule is CC[C@H](N)C(OC)OC.